The highest BCUT2D eigenvalue weighted by molar-refractivity contribution is 5.47. The fourth-order valence-electron chi connectivity index (χ4n) is 2.67. The molecule has 0 bridgehead atoms. The van der Waals surface area contributed by atoms with Gasteiger partial charge in [0.2, 0.25) is 0 Å². The summed E-state index contributed by atoms with van der Waals surface area (Å²) in [4.78, 5) is 0. The lowest BCUT2D eigenvalue weighted by molar-refractivity contribution is 0.356. The van der Waals surface area contributed by atoms with Gasteiger partial charge in [0.15, 0.2) is 0 Å². The van der Waals surface area contributed by atoms with Crippen molar-refractivity contribution in [1.82, 2.24) is 5.32 Å². The second kappa shape index (κ2) is 4.34. The van der Waals surface area contributed by atoms with Crippen LogP contribution in [0.5, 0.6) is 5.75 Å². The standard InChI is InChI=1S/C15H23NO/c1-10-6-7-12(13(17-5)11(10)2)14(16-4)15(3)8-9-15/h6-7,14,16H,8-9H2,1-5H3. The molecule has 1 aromatic carbocycles. The zero-order chi connectivity index (χ0) is 12.6. The van der Waals surface area contributed by atoms with Crippen molar-refractivity contribution in [2.75, 3.05) is 14.2 Å². The molecular weight excluding hydrogens is 210 g/mol. The molecule has 0 amide bonds. The Morgan fingerprint density at radius 2 is 1.94 bits per heavy atom. The molecule has 1 fully saturated rings. The van der Waals surface area contributed by atoms with Crippen LogP contribution in [0, 0.1) is 19.3 Å². The van der Waals surface area contributed by atoms with Crippen LogP contribution in [0.15, 0.2) is 12.1 Å². The van der Waals surface area contributed by atoms with E-state index in [0.29, 0.717) is 11.5 Å². The Balaban J connectivity index is 2.47. The second-order valence-electron chi connectivity index (χ2n) is 5.51. The Bertz CT molecular complexity index is 421. The summed E-state index contributed by atoms with van der Waals surface area (Å²) in [5, 5.41) is 3.46. The second-order valence-corrected chi connectivity index (χ2v) is 5.51. The minimum atomic E-state index is 0.400. The normalized spacial score (nSPS) is 18.9. The zero-order valence-electron chi connectivity index (χ0n) is 11.6. The molecule has 0 spiro atoms. The number of hydrogen-bond donors (Lipinski definition) is 1. The van der Waals surface area contributed by atoms with Gasteiger partial charge >= 0.3 is 0 Å². The van der Waals surface area contributed by atoms with Gasteiger partial charge in [-0.1, -0.05) is 19.1 Å². The molecule has 1 aromatic rings. The van der Waals surface area contributed by atoms with Gasteiger partial charge in [0.25, 0.3) is 0 Å². The summed E-state index contributed by atoms with van der Waals surface area (Å²) < 4.78 is 5.62. The van der Waals surface area contributed by atoms with Crippen molar-refractivity contribution in [3.8, 4) is 5.75 Å². The van der Waals surface area contributed by atoms with E-state index < -0.39 is 0 Å². The largest absolute Gasteiger partial charge is 0.496 e. The molecule has 0 radical (unpaired) electrons. The summed E-state index contributed by atoms with van der Waals surface area (Å²) in [6.07, 6.45) is 2.60. The molecule has 94 valence electrons. The summed E-state index contributed by atoms with van der Waals surface area (Å²) in [5.74, 6) is 1.05. The van der Waals surface area contributed by atoms with Gasteiger partial charge in [-0.15, -0.1) is 0 Å². The molecule has 1 saturated carbocycles. The van der Waals surface area contributed by atoms with Crippen LogP contribution in [0.2, 0.25) is 0 Å². The summed E-state index contributed by atoms with van der Waals surface area (Å²) in [7, 11) is 3.82. The van der Waals surface area contributed by atoms with E-state index in [1.807, 2.05) is 7.05 Å². The van der Waals surface area contributed by atoms with E-state index in [4.69, 9.17) is 4.74 Å². The number of benzene rings is 1. The van der Waals surface area contributed by atoms with Crippen molar-refractivity contribution in [3.05, 3.63) is 28.8 Å². The summed E-state index contributed by atoms with van der Waals surface area (Å²) in [6, 6.07) is 4.81. The van der Waals surface area contributed by atoms with Crippen LogP contribution >= 0.6 is 0 Å². The lowest BCUT2D eigenvalue weighted by atomic mass is 9.89. The van der Waals surface area contributed by atoms with Crippen LogP contribution in [0.4, 0.5) is 0 Å². The van der Waals surface area contributed by atoms with E-state index in [1.165, 1.54) is 29.5 Å². The van der Waals surface area contributed by atoms with E-state index >= 15 is 0 Å². The molecule has 1 N–H and O–H groups in total. The molecular formula is C15H23NO. The van der Waals surface area contributed by atoms with E-state index in [-0.39, 0.29) is 0 Å². The minimum absolute atomic E-state index is 0.400. The number of hydrogen-bond acceptors (Lipinski definition) is 2. The van der Waals surface area contributed by atoms with Crippen molar-refractivity contribution >= 4 is 0 Å². The first kappa shape index (κ1) is 12.4. The SMILES string of the molecule is CNC(c1ccc(C)c(C)c1OC)C1(C)CC1. The number of aryl methyl sites for hydroxylation is 1. The molecule has 0 saturated heterocycles. The van der Waals surface area contributed by atoms with Gasteiger partial charge in [-0.3, -0.25) is 0 Å². The molecule has 2 rings (SSSR count). The van der Waals surface area contributed by atoms with Gasteiger partial charge < -0.3 is 10.1 Å². The van der Waals surface area contributed by atoms with Crippen molar-refractivity contribution < 1.29 is 4.74 Å². The maximum absolute atomic E-state index is 5.62. The average Bonchev–Trinajstić information content (AvgIpc) is 3.04. The fourth-order valence-corrected chi connectivity index (χ4v) is 2.67. The summed E-state index contributed by atoms with van der Waals surface area (Å²) >= 11 is 0. The van der Waals surface area contributed by atoms with E-state index in [2.05, 4.69) is 38.2 Å². The van der Waals surface area contributed by atoms with Gasteiger partial charge in [-0.2, -0.15) is 0 Å². The third kappa shape index (κ3) is 2.06. The highest BCUT2D eigenvalue weighted by atomic mass is 16.5. The van der Waals surface area contributed by atoms with Gasteiger partial charge in [-0.05, 0) is 50.3 Å². The summed E-state index contributed by atoms with van der Waals surface area (Å²) in [6.45, 7) is 6.62. The van der Waals surface area contributed by atoms with Crippen LogP contribution < -0.4 is 10.1 Å². The molecule has 1 unspecified atom stereocenters. The maximum Gasteiger partial charge on any atom is 0.126 e. The Hall–Kier alpha value is -1.02. The van der Waals surface area contributed by atoms with E-state index in [1.54, 1.807) is 7.11 Å². The average molecular weight is 233 g/mol. The number of nitrogens with one attached hydrogen (secondary N) is 1. The Morgan fingerprint density at radius 1 is 1.29 bits per heavy atom. The third-order valence-electron chi connectivity index (χ3n) is 4.25. The third-order valence-corrected chi connectivity index (χ3v) is 4.25. The zero-order valence-corrected chi connectivity index (χ0v) is 11.6. The van der Waals surface area contributed by atoms with Crippen molar-refractivity contribution in [2.45, 2.75) is 39.7 Å². The summed E-state index contributed by atoms with van der Waals surface area (Å²) in [5.41, 5.74) is 4.26. The predicted octanol–water partition coefficient (Wildman–Crippen LogP) is 3.37. The maximum atomic E-state index is 5.62. The monoisotopic (exact) mass is 233 g/mol. The topological polar surface area (TPSA) is 21.3 Å². The van der Waals surface area contributed by atoms with Crippen LogP contribution in [0.25, 0.3) is 0 Å². The highest BCUT2D eigenvalue weighted by Gasteiger charge is 2.45. The van der Waals surface area contributed by atoms with Crippen molar-refractivity contribution in [3.63, 3.8) is 0 Å². The number of ether oxygens (including phenoxy) is 1. The Kier molecular flexibility index (Phi) is 3.17. The molecule has 1 aliphatic rings. The van der Waals surface area contributed by atoms with Crippen LogP contribution in [0.3, 0.4) is 0 Å². The lowest BCUT2D eigenvalue weighted by Gasteiger charge is -2.26. The smallest absolute Gasteiger partial charge is 0.126 e. The predicted molar refractivity (Wildman–Crippen MR) is 71.6 cm³/mol. The molecule has 2 heteroatoms. The highest BCUT2D eigenvalue weighted by Crippen LogP contribution is 2.55. The fraction of sp³-hybridized carbons (Fsp3) is 0.600. The molecule has 1 aliphatic carbocycles. The Labute approximate surface area is 104 Å². The molecule has 0 heterocycles. The van der Waals surface area contributed by atoms with Crippen molar-refractivity contribution in [2.24, 2.45) is 5.41 Å². The van der Waals surface area contributed by atoms with E-state index in [9.17, 15) is 0 Å². The Morgan fingerprint density at radius 3 is 2.41 bits per heavy atom. The van der Waals surface area contributed by atoms with Crippen LogP contribution in [0.1, 0.15) is 42.5 Å². The minimum Gasteiger partial charge on any atom is -0.496 e. The molecule has 17 heavy (non-hydrogen) atoms. The van der Waals surface area contributed by atoms with Gasteiger partial charge in [0, 0.05) is 11.6 Å². The van der Waals surface area contributed by atoms with Gasteiger partial charge in [0.1, 0.15) is 5.75 Å². The van der Waals surface area contributed by atoms with Gasteiger partial charge in [-0.25, -0.2) is 0 Å². The quantitative estimate of drug-likeness (QED) is 0.861. The van der Waals surface area contributed by atoms with Crippen molar-refractivity contribution in [1.29, 1.82) is 0 Å². The molecule has 0 aromatic heterocycles. The van der Waals surface area contributed by atoms with Gasteiger partial charge in [0.05, 0.1) is 7.11 Å². The van der Waals surface area contributed by atoms with Crippen LogP contribution in [-0.2, 0) is 0 Å². The number of methoxy groups -OCH3 is 1. The molecule has 1 atom stereocenters. The first-order valence-electron chi connectivity index (χ1n) is 6.35. The van der Waals surface area contributed by atoms with Crippen LogP contribution in [-0.4, -0.2) is 14.2 Å². The number of rotatable bonds is 4. The van der Waals surface area contributed by atoms with E-state index in [0.717, 1.165) is 5.75 Å². The molecule has 0 aliphatic heterocycles. The molecule has 2 nitrogen and oxygen atoms in total. The lowest BCUT2D eigenvalue weighted by Crippen LogP contribution is -2.25. The first-order valence-corrected chi connectivity index (χ1v) is 6.35. The first-order chi connectivity index (χ1) is 8.03.